The van der Waals surface area contributed by atoms with Crippen LogP contribution < -0.4 is 9.64 Å². The zero-order chi connectivity index (χ0) is 18.7. The number of nitrogens with zero attached hydrogens (tertiary/aromatic N) is 5. The molecule has 0 spiro atoms. The van der Waals surface area contributed by atoms with Crippen molar-refractivity contribution in [1.82, 2.24) is 19.8 Å². The molecule has 0 aromatic carbocycles. The van der Waals surface area contributed by atoms with Gasteiger partial charge in [-0.1, -0.05) is 0 Å². The van der Waals surface area contributed by atoms with Gasteiger partial charge in [-0.15, -0.1) is 0 Å². The first-order chi connectivity index (χ1) is 12.4. The first-order valence-electron chi connectivity index (χ1n) is 9.14. The molecule has 1 aromatic rings. The second-order valence-corrected chi connectivity index (χ2v) is 7.20. The summed E-state index contributed by atoms with van der Waals surface area (Å²) in [7, 11) is 3.81. The van der Waals surface area contributed by atoms with Gasteiger partial charge >= 0.3 is 0 Å². The lowest BCUT2D eigenvalue weighted by Gasteiger charge is -2.32. The SMILES string of the molecule is CC(=O)N1CCC(C(=O)N2CC[C@H](Oc3cncc(N(C)C)n3)C2)CC1. The molecule has 8 heteroatoms. The van der Waals surface area contributed by atoms with Crippen LogP contribution in [0.15, 0.2) is 12.4 Å². The molecule has 2 fully saturated rings. The summed E-state index contributed by atoms with van der Waals surface area (Å²) < 4.78 is 5.94. The molecule has 2 aliphatic heterocycles. The first-order valence-corrected chi connectivity index (χ1v) is 9.14. The molecule has 0 aliphatic carbocycles. The number of ether oxygens (including phenoxy) is 1. The molecule has 2 saturated heterocycles. The van der Waals surface area contributed by atoms with Gasteiger partial charge in [0.05, 0.1) is 18.9 Å². The number of hydrogen-bond donors (Lipinski definition) is 0. The van der Waals surface area contributed by atoms with E-state index in [1.165, 1.54) is 0 Å². The van der Waals surface area contributed by atoms with Crippen molar-refractivity contribution in [3.05, 3.63) is 12.4 Å². The zero-order valence-corrected chi connectivity index (χ0v) is 15.7. The summed E-state index contributed by atoms with van der Waals surface area (Å²) in [4.78, 5) is 38.3. The second-order valence-electron chi connectivity index (χ2n) is 7.20. The highest BCUT2D eigenvalue weighted by Gasteiger charge is 2.34. The van der Waals surface area contributed by atoms with Crippen LogP contribution in [0.2, 0.25) is 0 Å². The predicted octanol–water partition coefficient (Wildman–Crippen LogP) is 0.781. The number of rotatable bonds is 4. The van der Waals surface area contributed by atoms with E-state index in [9.17, 15) is 9.59 Å². The Bertz CT molecular complexity index is 658. The number of aromatic nitrogens is 2. The fourth-order valence-corrected chi connectivity index (χ4v) is 3.51. The molecule has 3 heterocycles. The van der Waals surface area contributed by atoms with Crippen molar-refractivity contribution >= 4 is 17.6 Å². The van der Waals surface area contributed by atoms with Crippen molar-refractivity contribution < 1.29 is 14.3 Å². The van der Waals surface area contributed by atoms with E-state index in [4.69, 9.17) is 4.74 Å². The lowest BCUT2D eigenvalue weighted by Crippen LogP contribution is -2.43. The molecule has 2 amide bonds. The van der Waals surface area contributed by atoms with Gasteiger partial charge in [-0.25, -0.2) is 0 Å². The van der Waals surface area contributed by atoms with E-state index < -0.39 is 0 Å². The van der Waals surface area contributed by atoms with Gasteiger partial charge in [0.2, 0.25) is 17.7 Å². The van der Waals surface area contributed by atoms with E-state index in [-0.39, 0.29) is 23.8 Å². The Morgan fingerprint density at radius 1 is 1.12 bits per heavy atom. The lowest BCUT2D eigenvalue weighted by atomic mass is 9.95. The molecular weight excluding hydrogens is 334 g/mol. The number of piperidine rings is 1. The van der Waals surface area contributed by atoms with Crippen LogP contribution >= 0.6 is 0 Å². The molecule has 0 saturated carbocycles. The molecule has 0 bridgehead atoms. The molecule has 142 valence electrons. The highest BCUT2D eigenvalue weighted by Crippen LogP contribution is 2.24. The van der Waals surface area contributed by atoms with E-state index in [2.05, 4.69) is 9.97 Å². The molecule has 3 rings (SSSR count). The molecule has 1 aromatic heterocycles. The second kappa shape index (κ2) is 7.88. The fraction of sp³-hybridized carbons (Fsp3) is 0.667. The summed E-state index contributed by atoms with van der Waals surface area (Å²) in [5, 5.41) is 0. The number of carbonyl (C=O) groups excluding carboxylic acids is 2. The molecule has 2 aliphatic rings. The monoisotopic (exact) mass is 361 g/mol. The van der Waals surface area contributed by atoms with Gasteiger partial charge in [0.1, 0.15) is 6.10 Å². The van der Waals surface area contributed by atoms with E-state index in [1.807, 2.05) is 28.8 Å². The van der Waals surface area contributed by atoms with Crippen molar-refractivity contribution in [2.45, 2.75) is 32.3 Å². The zero-order valence-electron chi connectivity index (χ0n) is 15.7. The van der Waals surface area contributed by atoms with Gasteiger partial charge in [0.25, 0.3) is 0 Å². The minimum absolute atomic E-state index is 0.0150. The maximum atomic E-state index is 12.8. The van der Waals surface area contributed by atoms with Crippen molar-refractivity contribution in [2.24, 2.45) is 5.92 Å². The van der Waals surface area contributed by atoms with Crippen LogP contribution in [-0.2, 0) is 9.59 Å². The Morgan fingerprint density at radius 3 is 2.46 bits per heavy atom. The number of likely N-dealkylation sites (tertiary alicyclic amines) is 2. The average molecular weight is 361 g/mol. The third kappa shape index (κ3) is 4.23. The highest BCUT2D eigenvalue weighted by atomic mass is 16.5. The summed E-state index contributed by atoms with van der Waals surface area (Å²) in [5.74, 6) is 1.52. The van der Waals surface area contributed by atoms with Crippen LogP contribution in [0.3, 0.4) is 0 Å². The van der Waals surface area contributed by atoms with Gasteiger partial charge in [0.15, 0.2) is 5.82 Å². The fourth-order valence-electron chi connectivity index (χ4n) is 3.51. The van der Waals surface area contributed by atoms with Crippen molar-refractivity contribution in [1.29, 1.82) is 0 Å². The third-order valence-electron chi connectivity index (χ3n) is 5.09. The Labute approximate surface area is 154 Å². The Kier molecular flexibility index (Phi) is 5.58. The van der Waals surface area contributed by atoms with Gasteiger partial charge in [-0.05, 0) is 12.8 Å². The van der Waals surface area contributed by atoms with Gasteiger partial charge in [0, 0.05) is 53.0 Å². The maximum Gasteiger partial charge on any atom is 0.234 e. The minimum Gasteiger partial charge on any atom is -0.471 e. The minimum atomic E-state index is -0.0528. The Morgan fingerprint density at radius 2 is 1.81 bits per heavy atom. The smallest absolute Gasteiger partial charge is 0.234 e. The van der Waals surface area contributed by atoms with Crippen LogP contribution in [0, 0.1) is 5.92 Å². The standard InChI is InChI=1S/C18H27N5O3/c1-13(24)22-7-4-14(5-8-22)18(25)23-9-6-15(12-23)26-17-11-19-10-16(20-17)21(2)3/h10-11,14-15H,4-9,12H2,1-3H3/t15-/m0/s1. The summed E-state index contributed by atoms with van der Waals surface area (Å²) in [5.41, 5.74) is 0. The first kappa shape index (κ1) is 18.4. The normalized spacial score (nSPS) is 21.0. The summed E-state index contributed by atoms with van der Waals surface area (Å²) in [6, 6.07) is 0. The van der Waals surface area contributed by atoms with E-state index in [1.54, 1.807) is 19.3 Å². The summed E-state index contributed by atoms with van der Waals surface area (Å²) in [6.07, 6.45) is 5.53. The van der Waals surface area contributed by atoms with Crippen molar-refractivity contribution in [3.63, 3.8) is 0 Å². The Hall–Kier alpha value is -2.38. The van der Waals surface area contributed by atoms with Gasteiger partial charge < -0.3 is 19.4 Å². The van der Waals surface area contributed by atoms with E-state index >= 15 is 0 Å². The largest absolute Gasteiger partial charge is 0.471 e. The molecule has 26 heavy (non-hydrogen) atoms. The lowest BCUT2D eigenvalue weighted by molar-refractivity contribution is -0.139. The van der Waals surface area contributed by atoms with Crippen LogP contribution in [-0.4, -0.2) is 78.0 Å². The Balaban J connectivity index is 1.51. The van der Waals surface area contributed by atoms with Crippen LogP contribution in [0.4, 0.5) is 5.82 Å². The predicted molar refractivity (Wildman–Crippen MR) is 97.0 cm³/mol. The topological polar surface area (TPSA) is 78.9 Å². The molecule has 0 N–H and O–H groups in total. The molecular formula is C18H27N5O3. The summed E-state index contributed by atoms with van der Waals surface area (Å²) in [6.45, 7) is 4.22. The summed E-state index contributed by atoms with van der Waals surface area (Å²) >= 11 is 0. The number of hydrogen-bond acceptors (Lipinski definition) is 6. The number of carbonyl (C=O) groups is 2. The molecule has 8 nitrogen and oxygen atoms in total. The number of amides is 2. The van der Waals surface area contributed by atoms with Gasteiger partial charge in [-0.2, -0.15) is 4.98 Å². The van der Waals surface area contributed by atoms with E-state index in [0.29, 0.717) is 32.1 Å². The molecule has 0 radical (unpaired) electrons. The maximum absolute atomic E-state index is 12.8. The van der Waals surface area contributed by atoms with Crippen LogP contribution in [0.1, 0.15) is 26.2 Å². The molecule has 0 unspecified atom stereocenters. The highest BCUT2D eigenvalue weighted by molar-refractivity contribution is 5.80. The number of anilines is 1. The van der Waals surface area contributed by atoms with Gasteiger partial charge in [-0.3, -0.25) is 14.6 Å². The molecule has 1 atom stereocenters. The quantitative estimate of drug-likeness (QED) is 0.789. The third-order valence-corrected chi connectivity index (χ3v) is 5.09. The van der Waals surface area contributed by atoms with Crippen molar-refractivity contribution in [2.75, 3.05) is 45.2 Å². The van der Waals surface area contributed by atoms with Crippen molar-refractivity contribution in [3.8, 4) is 5.88 Å². The van der Waals surface area contributed by atoms with Crippen LogP contribution in [0.25, 0.3) is 0 Å². The van der Waals surface area contributed by atoms with E-state index in [0.717, 1.165) is 25.1 Å². The van der Waals surface area contributed by atoms with Crippen LogP contribution in [0.5, 0.6) is 5.88 Å². The average Bonchev–Trinajstić information content (AvgIpc) is 3.09.